The summed E-state index contributed by atoms with van der Waals surface area (Å²) in [7, 11) is 0. The summed E-state index contributed by atoms with van der Waals surface area (Å²) in [5.74, 6) is 6.18. The van der Waals surface area contributed by atoms with Crippen LogP contribution in [0, 0.1) is 24.2 Å². The summed E-state index contributed by atoms with van der Waals surface area (Å²) in [5, 5.41) is 0. The van der Waals surface area contributed by atoms with Crippen LogP contribution in [0.2, 0.25) is 0 Å². The van der Waals surface area contributed by atoms with Crippen molar-refractivity contribution < 1.29 is 0 Å². The van der Waals surface area contributed by atoms with E-state index < -0.39 is 0 Å². The van der Waals surface area contributed by atoms with E-state index in [4.69, 9.17) is 0 Å². The Morgan fingerprint density at radius 3 is 2.36 bits per heavy atom. The van der Waals surface area contributed by atoms with E-state index in [1.807, 2.05) is 6.92 Å². The minimum atomic E-state index is 0.212. The fraction of sp³-hybridized carbons (Fsp3) is 0.727. The van der Waals surface area contributed by atoms with Crippen molar-refractivity contribution in [2.75, 3.05) is 0 Å². The third-order valence-electron chi connectivity index (χ3n) is 1.77. The first kappa shape index (κ1) is 10.6. The molecule has 0 fully saturated rings. The molecule has 0 heterocycles. The summed E-state index contributed by atoms with van der Waals surface area (Å²) in [6.45, 7) is 10.1. The van der Waals surface area contributed by atoms with Gasteiger partial charge in [-0.05, 0) is 27.2 Å². The van der Waals surface area contributed by atoms with Gasteiger partial charge < -0.3 is 0 Å². The number of hydrogen-bond donors (Lipinski definition) is 0. The largest absolute Gasteiger partial charge is 0.106 e. The van der Waals surface area contributed by atoms with Gasteiger partial charge in [-0.25, -0.2) is 0 Å². The molecule has 0 saturated heterocycles. The Morgan fingerprint density at radius 2 is 1.91 bits per heavy atom. The lowest BCUT2D eigenvalue weighted by Crippen LogP contribution is -2.07. The molecule has 0 amide bonds. The number of unbranched alkanes of at least 4 members (excludes halogenated alkanes) is 2. The van der Waals surface area contributed by atoms with Gasteiger partial charge in [0.2, 0.25) is 0 Å². The lowest BCUT2D eigenvalue weighted by atomic mass is 9.88. The molecule has 0 rings (SSSR count). The van der Waals surface area contributed by atoms with Gasteiger partial charge in [0.1, 0.15) is 0 Å². The number of rotatable bonds is 4. The van der Waals surface area contributed by atoms with Crippen LogP contribution in [0.25, 0.3) is 0 Å². The SMILES string of the molecule is [CH2]CCCCC(C)(C)C#CC. The van der Waals surface area contributed by atoms with E-state index in [1.54, 1.807) is 0 Å². The summed E-state index contributed by atoms with van der Waals surface area (Å²) >= 11 is 0. The molecule has 0 aromatic heterocycles. The van der Waals surface area contributed by atoms with Crippen LogP contribution < -0.4 is 0 Å². The van der Waals surface area contributed by atoms with Crippen LogP contribution in [0.1, 0.15) is 46.5 Å². The molecule has 0 aliphatic heterocycles. The highest BCUT2D eigenvalue weighted by atomic mass is 14.2. The van der Waals surface area contributed by atoms with E-state index >= 15 is 0 Å². The molecule has 0 heteroatoms. The van der Waals surface area contributed by atoms with Crippen LogP contribution in [0.3, 0.4) is 0 Å². The fourth-order valence-corrected chi connectivity index (χ4v) is 1.14. The molecule has 0 unspecified atom stereocenters. The van der Waals surface area contributed by atoms with Crippen molar-refractivity contribution in [1.82, 2.24) is 0 Å². The second-order valence-corrected chi connectivity index (χ2v) is 3.57. The maximum atomic E-state index is 3.82. The highest BCUT2D eigenvalue weighted by Crippen LogP contribution is 2.22. The maximum Gasteiger partial charge on any atom is 0.0258 e. The zero-order valence-corrected chi connectivity index (χ0v) is 8.04. The van der Waals surface area contributed by atoms with E-state index in [2.05, 4.69) is 32.6 Å². The molecular formula is C11H19. The van der Waals surface area contributed by atoms with Gasteiger partial charge in [-0.1, -0.05) is 32.1 Å². The predicted molar refractivity (Wildman–Crippen MR) is 51.1 cm³/mol. The van der Waals surface area contributed by atoms with Crippen molar-refractivity contribution >= 4 is 0 Å². The molecule has 0 atom stereocenters. The molecule has 0 spiro atoms. The Morgan fingerprint density at radius 1 is 1.27 bits per heavy atom. The van der Waals surface area contributed by atoms with Gasteiger partial charge in [0, 0.05) is 5.41 Å². The van der Waals surface area contributed by atoms with Crippen molar-refractivity contribution in [1.29, 1.82) is 0 Å². The highest BCUT2D eigenvalue weighted by Gasteiger charge is 2.12. The quantitative estimate of drug-likeness (QED) is 0.426. The smallest absolute Gasteiger partial charge is 0.0258 e. The molecule has 0 aromatic carbocycles. The Kier molecular flexibility index (Phi) is 5.03. The second-order valence-electron chi connectivity index (χ2n) is 3.57. The average Bonchev–Trinajstić information content (AvgIpc) is 1.87. The zero-order valence-electron chi connectivity index (χ0n) is 8.04. The molecule has 1 radical (unpaired) electrons. The molecule has 0 aliphatic rings. The monoisotopic (exact) mass is 151 g/mol. The van der Waals surface area contributed by atoms with Crippen LogP contribution in [-0.4, -0.2) is 0 Å². The van der Waals surface area contributed by atoms with Crippen molar-refractivity contribution in [3.8, 4) is 11.8 Å². The molecule has 11 heavy (non-hydrogen) atoms. The first-order valence-electron chi connectivity index (χ1n) is 4.35. The second kappa shape index (κ2) is 5.24. The van der Waals surface area contributed by atoms with Gasteiger partial charge in [0.25, 0.3) is 0 Å². The zero-order chi connectivity index (χ0) is 8.74. The number of hydrogen-bond acceptors (Lipinski definition) is 0. The molecule has 0 aromatic rings. The third kappa shape index (κ3) is 5.98. The summed E-state index contributed by atoms with van der Waals surface area (Å²) in [6.07, 6.45) is 4.74. The fourth-order valence-electron chi connectivity index (χ4n) is 1.14. The minimum Gasteiger partial charge on any atom is -0.106 e. The van der Waals surface area contributed by atoms with Crippen LogP contribution in [-0.2, 0) is 0 Å². The lowest BCUT2D eigenvalue weighted by molar-refractivity contribution is 0.433. The first-order valence-corrected chi connectivity index (χ1v) is 4.35. The Balaban J connectivity index is 3.61. The van der Waals surface area contributed by atoms with Crippen molar-refractivity contribution in [3.63, 3.8) is 0 Å². The molecular weight excluding hydrogens is 132 g/mol. The average molecular weight is 151 g/mol. The van der Waals surface area contributed by atoms with Crippen molar-refractivity contribution in [3.05, 3.63) is 6.92 Å². The normalized spacial score (nSPS) is 10.5. The minimum absolute atomic E-state index is 0.212. The summed E-state index contributed by atoms with van der Waals surface area (Å²) in [6, 6.07) is 0. The van der Waals surface area contributed by atoms with Gasteiger partial charge in [0.05, 0.1) is 0 Å². The highest BCUT2D eigenvalue weighted by molar-refractivity contribution is 5.06. The molecule has 0 bridgehead atoms. The van der Waals surface area contributed by atoms with Crippen LogP contribution in [0.4, 0.5) is 0 Å². The van der Waals surface area contributed by atoms with E-state index in [0.717, 1.165) is 6.42 Å². The Hall–Kier alpha value is -0.440. The standard InChI is InChI=1S/C11H19/c1-5-7-8-10-11(3,4)9-6-2/h1,5,7-8,10H2,2-4H3. The van der Waals surface area contributed by atoms with Crippen molar-refractivity contribution in [2.24, 2.45) is 5.41 Å². The third-order valence-corrected chi connectivity index (χ3v) is 1.77. The van der Waals surface area contributed by atoms with Gasteiger partial charge in [-0.2, -0.15) is 0 Å². The molecule has 63 valence electrons. The van der Waals surface area contributed by atoms with Crippen LogP contribution in [0.5, 0.6) is 0 Å². The molecule has 0 saturated carbocycles. The summed E-state index contributed by atoms with van der Waals surface area (Å²) < 4.78 is 0. The van der Waals surface area contributed by atoms with Gasteiger partial charge in [0.15, 0.2) is 0 Å². The van der Waals surface area contributed by atoms with Gasteiger partial charge in [-0.15, -0.1) is 5.92 Å². The summed E-state index contributed by atoms with van der Waals surface area (Å²) in [4.78, 5) is 0. The van der Waals surface area contributed by atoms with Gasteiger partial charge >= 0.3 is 0 Å². The Bertz CT molecular complexity index is 143. The Labute approximate surface area is 71.4 Å². The first-order chi connectivity index (χ1) is 5.12. The topological polar surface area (TPSA) is 0 Å². The predicted octanol–water partition coefficient (Wildman–Crippen LogP) is 3.43. The van der Waals surface area contributed by atoms with E-state index in [-0.39, 0.29) is 5.41 Å². The van der Waals surface area contributed by atoms with E-state index in [0.29, 0.717) is 0 Å². The van der Waals surface area contributed by atoms with Crippen LogP contribution in [0.15, 0.2) is 0 Å². The van der Waals surface area contributed by atoms with E-state index in [1.165, 1.54) is 19.3 Å². The lowest BCUT2D eigenvalue weighted by Gasteiger charge is -2.16. The van der Waals surface area contributed by atoms with Gasteiger partial charge in [-0.3, -0.25) is 0 Å². The molecule has 0 nitrogen and oxygen atoms in total. The molecule has 0 aliphatic carbocycles. The van der Waals surface area contributed by atoms with Crippen molar-refractivity contribution in [2.45, 2.75) is 46.5 Å². The summed E-state index contributed by atoms with van der Waals surface area (Å²) in [5.41, 5.74) is 0.212. The van der Waals surface area contributed by atoms with E-state index in [9.17, 15) is 0 Å². The molecule has 0 N–H and O–H groups in total. The maximum absolute atomic E-state index is 3.82. The van der Waals surface area contributed by atoms with Crippen LogP contribution >= 0.6 is 0 Å².